The Labute approximate surface area is 149 Å². The molecule has 0 fully saturated rings. The van der Waals surface area contributed by atoms with Crippen LogP contribution in [-0.2, 0) is 6.54 Å². The number of nitrogens with zero attached hydrogens (tertiary/aromatic N) is 1. The number of benzene rings is 2. The third-order valence-corrected chi connectivity index (χ3v) is 4.17. The number of aryl methyl sites for hydroxylation is 1. The number of rotatable bonds is 7. The van der Waals surface area contributed by atoms with E-state index in [1.54, 1.807) is 0 Å². The van der Waals surface area contributed by atoms with Gasteiger partial charge < -0.3 is 20.6 Å². The van der Waals surface area contributed by atoms with Crippen LogP contribution in [0.1, 0.15) is 29.2 Å². The quantitative estimate of drug-likeness (QED) is 0.725. The zero-order valence-corrected chi connectivity index (χ0v) is 15.1. The summed E-state index contributed by atoms with van der Waals surface area (Å²) in [5.41, 5.74) is 4.23. The second-order valence-corrected chi connectivity index (χ2v) is 6.33. The highest BCUT2D eigenvalue weighted by Gasteiger charge is 2.08. The number of aliphatic hydroxyl groups is 1. The molecule has 1 unspecified atom stereocenters. The van der Waals surface area contributed by atoms with Crippen LogP contribution < -0.4 is 15.5 Å². The Hall–Kier alpha value is -2.53. The average molecular weight is 341 g/mol. The third-order valence-electron chi connectivity index (χ3n) is 4.17. The lowest BCUT2D eigenvalue weighted by Crippen LogP contribution is -2.36. The first-order chi connectivity index (χ1) is 12.0. The molecule has 0 aliphatic rings. The van der Waals surface area contributed by atoms with E-state index in [1.165, 1.54) is 0 Å². The molecule has 0 heterocycles. The molecular formula is C20H27N3O2. The zero-order valence-electron chi connectivity index (χ0n) is 15.1. The van der Waals surface area contributed by atoms with Gasteiger partial charge in [-0.15, -0.1) is 0 Å². The van der Waals surface area contributed by atoms with Crippen LogP contribution in [0, 0.1) is 6.92 Å². The molecule has 0 bridgehead atoms. The highest BCUT2D eigenvalue weighted by molar-refractivity contribution is 5.73. The molecule has 2 aromatic carbocycles. The molecule has 0 spiro atoms. The third kappa shape index (κ3) is 5.80. The van der Waals surface area contributed by atoms with Crippen LogP contribution in [0.4, 0.5) is 10.5 Å². The molecule has 0 saturated heterocycles. The molecule has 2 rings (SSSR count). The molecule has 0 aliphatic carbocycles. The summed E-state index contributed by atoms with van der Waals surface area (Å²) < 4.78 is 0. The highest BCUT2D eigenvalue weighted by atomic mass is 16.3. The van der Waals surface area contributed by atoms with Crippen molar-refractivity contribution in [3.63, 3.8) is 0 Å². The van der Waals surface area contributed by atoms with Crippen LogP contribution in [0.25, 0.3) is 0 Å². The molecule has 3 N–H and O–H groups in total. The Balaban J connectivity index is 1.74. The van der Waals surface area contributed by atoms with Crippen molar-refractivity contribution in [2.75, 3.05) is 25.5 Å². The van der Waals surface area contributed by atoms with E-state index in [-0.39, 0.29) is 6.03 Å². The van der Waals surface area contributed by atoms with Crippen molar-refractivity contribution in [2.24, 2.45) is 0 Å². The number of urea groups is 1. The number of carbonyl (C=O) groups excluding carboxylic acids is 1. The Bertz CT molecular complexity index is 687. The molecular weight excluding hydrogens is 314 g/mol. The highest BCUT2D eigenvalue weighted by Crippen LogP contribution is 2.17. The standard InChI is InChI=1S/C20H27N3O2/c1-15-13-18(23(2)3)10-9-17(15)14-22-20(25)21-12-11-19(24)16-7-5-4-6-8-16/h4-10,13,19,24H,11-12,14H2,1-3H3,(H2,21,22,25). The minimum atomic E-state index is -0.567. The second-order valence-electron chi connectivity index (χ2n) is 6.33. The Kier molecular flexibility index (Phi) is 6.83. The monoisotopic (exact) mass is 341 g/mol. The van der Waals surface area contributed by atoms with E-state index in [0.717, 1.165) is 22.4 Å². The maximum Gasteiger partial charge on any atom is 0.315 e. The van der Waals surface area contributed by atoms with Gasteiger partial charge in [0.15, 0.2) is 0 Å². The van der Waals surface area contributed by atoms with E-state index in [4.69, 9.17) is 0 Å². The number of anilines is 1. The normalized spacial score (nSPS) is 11.7. The van der Waals surface area contributed by atoms with Gasteiger partial charge in [0.1, 0.15) is 0 Å². The first kappa shape index (κ1) is 18.8. The molecule has 1 atom stereocenters. The second kappa shape index (κ2) is 9.08. The van der Waals surface area contributed by atoms with E-state index in [9.17, 15) is 9.90 Å². The predicted octanol–water partition coefficient (Wildman–Crippen LogP) is 2.98. The lowest BCUT2D eigenvalue weighted by atomic mass is 10.1. The van der Waals surface area contributed by atoms with Crippen molar-refractivity contribution in [2.45, 2.75) is 26.0 Å². The summed E-state index contributed by atoms with van der Waals surface area (Å²) in [6.45, 7) is 2.94. The first-order valence-corrected chi connectivity index (χ1v) is 8.49. The van der Waals surface area contributed by atoms with Crippen molar-refractivity contribution in [1.29, 1.82) is 0 Å². The van der Waals surface area contributed by atoms with Crippen molar-refractivity contribution < 1.29 is 9.90 Å². The van der Waals surface area contributed by atoms with E-state index in [0.29, 0.717) is 19.5 Å². The van der Waals surface area contributed by atoms with Crippen molar-refractivity contribution in [3.05, 3.63) is 65.2 Å². The number of carbonyl (C=O) groups is 1. The maximum atomic E-state index is 11.9. The Morgan fingerprint density at radius 2 is 1.84 bits per heavy atom. The number of amides is 2. The van der Waals surface area contributed by atoms with Gasteiger partial charge >= 0.3 is 6.03 Å². The van der Waals surface area contributed by atoms with Crippen LogP contribution in [0.2, 0.25) is 0 Å². The lowest BCUT2D eigenvalue weighted by Gasteiger charge is -2.16. The minimum Gasteiger partial charge on any atom is -0.388 e. The summed E-state index contributed by atoms with van der Waals surface area (Å²) in [6.07, 6.45) is -0.0871. The summed E-state index contributed by atoms with van der Waals surface area (Å²) in [5, 5.41) is 15.7. The largest absolute Gasteiger partial charge is 0.388 e. The van der Waals surface area contributed by atoms with E-state index < -0.39 is 6.10 Å². The van der Waals surface area contributed by atoms with Gasteiger partial charge in [0.2, 0.25) is 0 Å². The Morgan fingerprint density at radius 3 is 2.48 bits per heavy atom. The smallest absolute Gasteiger partial charge is 0.315 e. The summed E-state index contributed by atoms with van der Waals surface area (Å²) in [6, 6.07) is 15.4. The van der Waals surface area contributed by atoms with Gasteiger partial charge in [-0.25, -0.2) is 4.79 Å². The number of hydrogen-bond donors (Lipinski definition) is 3. The molecule has 25 heavy (non-hydrogen) atoms. The number of nitrogens with one attached hydrogen (secondary N) is 2. The van der Waals surface area contributed by atoms with Crippen molar-refractivity contribution >= 4 is 11.7 Å². The van der Waals surface area contributed by atoms with Crippen molar-refractivity contribution in [3.8, 4) is 0 Å². The van der Waals surface area contributed by atoms with Gasteiger partial charge in [-0.3, -0.25) is 0 Å². The van der Waals surface area contributed by atoms with Gasteiger partial charge in [0, 0.05) is 32.9 Å². The molecule has 2 amide bonds. The molecule has 0 radical (unpaired) electrons. The number of hydrogen-bond acceptors (Lipinski definition) is 3. The fraction of sp³-hybridized carbons (Fsp3) is 0.350. The lowest BCUT2D eigenvalue weighted by molar-refractivity contribution is 0.167. The van der Waals surface area contributed by atoms with Gasteiger partial charge in [-0.1, -0.05) is 36.4 Å². The molecule has 2 aromatic rings. The molecule has 0 saturated carbocycles. The summed E-state index contributed by atoms with van der Waals surface area (Å²) in [5.74, 6) is 0. The fourth-order valence-corrected chi connectivity index (χ4v) is 2.56. The SMILES string of the molecule is Cc1cc(N(C)C)ccc1CNC(=O)NCCC(O)c1ccccc1. The molecule has 5 nitrogen and oxygen atoms in total. The van der Waals surface area contributed by atoms with Crippen LogP contribution >= 0.6 is 0 Å². The van der Waals surface area contributed by atoms with Gasteiger partial charge in [-0.2, -0.15) is 0 Å². The van der Waals surface area contributed by atoms with E-state index in [1.807, 2.05) is 63.5 Å². The summed E-state index contributed by atoms with van der Waals surface area (Å²) >= 11 is 0. The first-order valence-electron chi connectivity index (χ1n) is 8.49. The molecule has 0 aromatic heterocycles. The minimum absolute atomic E-state index is 0.226. The van der Waals surface area contributed by atoms with Crippen LogP contribution in [0.3, 0.4) is 0 Å². The van der Waals surface area contributed by atoms with Gasteiger partial charge in [-0.05, 0) is 42.2 Å². The van der Waals surface area contributed by atoms with Gasteiger partial charge in [0.05, 0.1) is 6.10 Å². The van der Waals surface area contributed by atoms with Crippen molar-refractivity contribution in [1.82, 2.24) is 10.6 Å². The van der Waals surface area contributed by atoms with Gasteiger partial charge in [0.25, 0.3) is 0 Å². The zero-order chi connectivity index (χ0) is 18.2. The maximum absolute atomic E-state index is 11.9. The molecule has 5 heteroatoms. The van der Waals surface area contributed by atoms with Crippen LogP contribution in [0.5, 0.6) is 0 Å². The van der Waals surface area contributed by atoms with E-state index in [2.05, 4.69) is 21.6 Å². The molecule has 134 valence electrons. The summed E-state index contributed by atoms with van der Waals surface area (Å²) in [7, 11) is 4.01. The summed E-state index contributed by atoms with van der Waals surface area (Å²) in [4.78, 5) is 14.0. The van der Waals surface area contributed by atoms with Crippen LogP contribution in [0.15, 0.2) is 48.5 Å². The number of aliphatic hydroxyl groups excluding tert-OH is 1. The van der Waals surface area contributed by atoms with E-state index >= 15 is 0 Å². The average Bonchev–Trinajstić information content (AvgIpc) is 2.61. The Morgan fingerprint density at radius 1 is 1.12 bits per heavy atom. The fourth-order valence-electron chi connectivity index (χ4n) is 2.56. The van der Waals surface area contributed by atoms with Crippen LogP contribution in [-0.4, -0.2) is 31.8 Å². The topological polar surface area (TPSA) is 64.6 Å². The molecule has 0 aliphatic heterocycles. The predicted molar refractivity (Wildman–Crippen MR) is 102 cm³/mol.